The zero-order valence-electron chi connectivity index (χ0n) is 10.9. The summed E-state index contributed by atoms with van der Waals surface area (Å²) in [6, 6.07) is 2.66. The molecule has 20 heavy (non-hydrogen) atoms. The van der Waals surface area contributed by atoms with Gasteiger partial charge in [0.15, 0.2) is 0 Å². The number of aliphatic hydroxyl groups excluding tert-OH is 1. The average molecular weight is 286 g/mol. The maximum Gasteiger partial charge on any atom is 0.273 e. The molecule has 0 saturated heterocycles. The number of nitro groups is 1. The van der Waals surface area contributed by atoms with Crippen molar-refractivity contribution in [3.63, 3.8) is 0 Å². The van der Waals surface area contributed by atoms with Crippen LogP contribution in [0.25, 0.3) is 0 Å². The Kier molecular flexibility index (Phi) is 6.01. The number of rotatable bonds is 7. The largest absolute Gasteiger partial charge is 0.395 e. The van der Waals surface area contributed by atoms with Crippen molar-refractivity contribution in [3.05, 3.63) is 39.7 Å². The van der Waals surface area contributed by atoms with Crippen LogP contribution in [0.5, 0.6) is 0 Å². The lowest BCUT2D eigenvalue weighted by Gasteiger charge is -2.21. The van der Waals surface area contributed by atoms with E-state index >= 15 is 0 Å². The highest BCUT2D eigenvalue weighted by Gasteiger charge is 2.19. The smallest absolute Gasteiger partial charge is 0.273 e. The first-order chi connectivity index (χ1) is 9.49. The number of methoxy groups -OCH3 is 1. The summed E-state index contributed by atoms with van der Waals surface area (Å²) in [5, 5.41) is 19.6. The molecule has 0 saturated carbocycles. The second kappa shape index (κ2) is 7.51. The van der Waals surface area contributed by atoms with E-state index < -0.39 is 22.3 Å². The van der Waals surface area contributed by atoms with Crippen LogP contribution in [0.3, 0.4) is 0 Å². The van der Waals surface area contributed by atoms with E-state index in [2.05, 4.69) is 0 Å². The molecule has 0 aliphatic heterocycles. The van der Waals surface area contributed by atoms with Gasteiger partial charge >= 0.3 is 0 Å². The van der Waals surface area contributed by atoms with Crippen LogP contribution in [0.4, 0.5) is 10.1 Å². The van der Waals surface area contributed by atoms with Gasteiger partial charge in [-0.1, -0.05) is 0 Å². The molecule has 1 N–H and O–H groups in total. The summed E-state index contributed by atoms with van der Waals surface area (Å²) in [6.45, 7) is 0.197. The summed E-state index contributed by atoms with van der Waals surface area (Å²) in [4.78, 5) is 23.3. The highest BCUT2D eigenvalue weighted by molar-refractivity contribution is 5.94. The number of nitrogens with zero attached hydrogens (tertiary/aromatic N) is 2. The quantitative estimate of drug-likeness (QED) is 0.591. The first-order valence-corrected chi connectivity index (χ1v) is 5.83. The van der Waals surface area contributed by atoms with E-state index in [1.807, 2.05) is 0 Å². The molecule has 0 heterocycles. The third-order valence-electron chi connectivity index (χ3n) is 2.56. The standard InChI is InChI=1S/C12H15FN2O5/c1-20-5-3-14(2-4-16)12(17)9-6-10(13)8-11(7-9)15(18)19/h6-8,16H,2-5H2,1H3. The minimum absolute atomic E-state index is 0.0342. The average Bonchev–Trinajstić information content (AvgIpc) is 2.42. The number of ether oxygens (including phenoxy) is 1. The molecule has 1 amide bonds. The van der Waals surface area contributed by atoms with E-state index in [1.165, 1.54) is 12.0 Å². The Labute approximate surface area is 114 Å². The fraction of sp³-hybridized carbons (Fsp3) is 0.417. The zero-order valence-corrected chi connectivity index (χ0v) is 10.9. The zero-order chi connectivity index (χ0) is 15.1. The van der Waals surface area contributed by atoms with Crippen LogP contribution >= 0.6 is 0 Å². The maximum absolute atomic E-state index is 13.3. The third-order valence-corrected chi connectivity index (χ3v) is 2.56. The molecule has 1 aromatic carbocycles. The summed E-state index contributed by atoms with van der Waals surface area (Å²) in [5.41, 5.74) is -0.634. The van der Waals surface area contributed by atoms with Gasteiger partial charge in [-0.05, 0) is 6.07 Å². The minimum atomic E-state index is -0.863. The number of aliphatic hydroxyl groups is 1. The Balaban J connectivity index is 3.01. The fourth-order valence-corrected chi connectivity index (χ4v) is 1.62. The summed E-state index contributed by atoms with van der Waals surface area (Å²) >= 11 is 0. The van der Waals surface area contributed by atoms with Crippen LogP contribution in [0, 0.1) is 15.9 Å². The van der Waals surface area contributed by atoms with E-state index in [4.69, 9.17) is 9.84 Å². The first-order valence-electron chi connectivity index (χ1n) is 5.83. The van der Waals surface area contributed by atoms with Crippen molar-refractivity contribution in [2.75, 3.05) is 33.4 Å². The fourth-order valence-electron chi connectivity index (χ4n) is 1.62. The lowest BCUT2D eigenvalue weighted by Crippen LogP contribution is -2.36. The molecule has 1 aromatic rings. The number of halogens is 1. The van der Waals surface area contributed by atoms with E-state index in [-0.39, 0.29) is 31.9 Å². The van der Waals surface area contributed by atoms with Gasteiger partial charge in [0.1, 0.15) is 5.82 Å². The van der Waals surface area contributed by atoms with Crippen LogP contribution < -0.4 is 0 Å². The molecule has 1 rings (SSSR count). The van der Waals surface area contributed by atoms with Gasteiger partial charge in [0.25, 0.3) is 11.6 Å². The van der Waals surface area contributed by atoms with E-state index in [9.17, 15) is 19.3 Å². The molecule has 0 radical (unpaired) electrons. The summed E-state index contributed by atoms with van der Waals surface area (Å²) < 4.78 is 18.1. The van der Waals surface area contributed by atoms with Crippen molar-refractivity contribution in [2.24, 2.45) is 0 Å². The number of benzene rings is 1. The Bertz CT molecular complexity index is 495. The summed E-state index contributed by atoms with van der Waals surface area (Å²) in [7, 11) is 1.45. The molecule has 0 spiro atoms. The van der Waals surface area contributed by atoms with Crippen molar-refractivity contribution in [3.8, 4) is 0 Å². The molecular formula is C12H15FN2O5. The molecule has 0 aromatic heterocycles. The van der Waals surface area contributed by atoms with Gasteiger partial charge in [-0.25, -0.2) is 4.39 Å². The molecule has 0 aliphatic rings. The number of hydrogen-bond donors (Lipinski definition) is 1. The predicted molar refractivity (Wildman–Crippen MR) is 67.9 cm³/mol. The lowest BCUT2D eigenvalue weighted by atomic mass is 10.1. The van der Waals surface area contributed by atoms with Crippen molar-refractivity contribution in [1.29, 1.82) is 0 Å². The van der Waals surface area contributed by atoms with Gasteiger partial charge in [-0.2, -0.15) is 0 Å². The molecule has 0 aliphatic carbocycles. The van der Waals surface area contributed by atoms with Crippen molar-refractivity contribution in [1.82, 2.24) is 4.90 Å². The SMILES string of the molecule is COCCN(CCO)C(=O)c1cc(F)cc([N+](=O)[O-])c1. The van der Waals surface area contributed by atoms with Crippen LogP contribution in [0.2, 0.25) is 0 Å². The van der Waals surface area contributed by atoms with E-state index in [0.717, 1.165) is 18.2 Å². The van der Waals surface area contributed by atoms with Gasteiger partial charge in [-0.15, -0.1) is 0 Å². The molecule has 0 unspecified atom stereocenters. The van der Waals surface area contributed by atoms with Gasteiger partial charge in [-0.3, -0.25) is 14.9 Å². The predicted octanol–water partition coefficient (Wildman–Crippen LogP) is 0.815. The normalized spacial score (nSPS) is 10.3. The van der Waals surface area contributed by atoms with E-state index in [1.54, 1.807) is 0 Å². The van der Waals surface area contributed by atoms with Gasteiger partial charge in [0.2, 0.25) is 0 Å². The number of amides is 1. The van der Waals surface area contributed by atoms with Gasteiger partial charge < -0.3 is 14.7 Å². The van der Waals surface area contributed by atoms with E-state index in [0.29, 0.717) is 0 Å². The first kappa shape index (κ1) is 16.0. The lowest BCUT2D eigenvalue weighted by molar-refractivity contribution is -0.385. The van der Waals surface area contributed by atoms with Gasteiger partial charge in [0, 0.05) is 31.8 Å². The number of carbonyl (C=O) groups is 1. The van der Waals surface area contributed by atoms with Crippen LogP contribution in [-0.4, -0.2) is 54.3 Å². The van der Waals surface area contributed by atoms with Crippen molar-refractivity contribution in [2.45, 2.75) is 0 Å². The van der Waals surface area contributed by atoms with Crippen molar-refractivity contribution < 1.29 is 24.0 Å². The molecule has 0 fully saturated rings. The van der Waals surface area contributed by atoms with Crippen LogP contribution in [0.1, 0.15) is 10.4 Å². The Hall–Kier alpha value is -2.06. The highest BCUT2D eigenvalue weighted by atomic mass is 19.1. The molecule has 0 bridgehead atoms. The highest BCUT2D eigenvalue weighted by Crippen LogP contribution is 2.17. The Morgan fingerprint density at radius 1 is 1.45 bits per heavy atom. The number of carbonyl (C=O) groups excluding carboxylic acids is 1. The molecular weight excluding hydrogens is 271 g/mol. The summed E-state index contributed by atoms with van der Waals surface area (Å²) in [6.07, 6.45) is 0. The molecule has 0 atom stereocenters. The minimum Gasteiger partial charge on any atom is -0.395 e. The second-order valence-electron chi connectivity index (χ2n) is 3.96. The number of hydrogen-bond acceptors (Lipinski definition) is 5. The Morgan fingerprint density at radius 3 is 2.70 bits per heavy atom. The van der Waals surface area contributed by atoms with Crippen LogP contribution in [0.15, 0.2) is 18.2 Å². The maximum atomic E-state index is 13.3. The Morgan fingerprint density at radius 2 is 2.15 bits per heavy atom. The monoisotopic (exact) mass is 286 g/mol. The number of nitro benzene ring substituents is 1. The third kappa shape index (κ3) is 4.25. The number of non-ortho nitro benzene ring substituents is 1. The van der Waals surface area contributed by atoms with Crippen LogP contribution in [-0.2, 0) is 4.74 Å². The second-order valence-corrected chi connectivity index (χ2v) is 3.96. The van der Waals surface area contributed by atoms with Gasteiger partial charge in [0.05, 0.1) is 24.2 Å². The molecule has 110 valence electrons. The molecule has 8 heteroatoms. The summed E-state index contributed by atoms with van der Waals surface area (Å²) in [5.74, 6) is -1.46. The van der Waals surface area contributed by atoms with Crippen molar-refractivity contribution >= 4 is 11.6 Å². The topological polar surface area (TPSA) is 92.9 Å². The molecule has 7 nitrogen and oxygen atoms in total.